The molecule has 94 valence electrons. The minimum Gasteiger partial charge on any atom is -0.392 e. The molecular weight excluding hydrogens is 212 g/mol. The van der Waals surface area contributed by atoms with Crippen molar-refractivity contribution >= 4 is 0 Å². The molecule has 3 N–H and O–H groups in total. The maximum Gasteiger partial charge on any atom is 0.0696 e. The normalized spacial score (nSPS) is 26.0. The quantitative estimate of drug-likeness (QED) is 0.823. The van der Waals surface area contributed by atoms with Gasteiger partial charge in [-0.1, -0.05) is 30.3 Å². The molecule has 3 nitrogen and oxygen atoms in total. The summed E-state index contributed by atoms with van der Waals surface area (Å²) in [6.45, 7) is 3.46. The van der Waals surface area contributed by atoms with Crippen LogP contribution in [-0.4, -0.2) is 35.7 Å². The first kappa shape index (κ1) is 12.6. The van der Waals surface area contributed by atoms with Crippen LogP contribution in [0.15, 0.2) is 30.3 Å². The molecule has 2 atom stereocenters. The van der Waals surface area contributed by atoms with E-state index in [0.29, 0.717) is 12.5 Å². The van der Waals surface area contributed by atoms with Crippen LogP contribution in [-0.2, 0) is 6.54 Å². The van der Waals surface area contributed by atoms with Gasteiger partial charge < -0.3 is 10.8 Å². The zero-order valence-corrected chi connectivity index (χ0v) is 10.3. The minimum atomic E-state index is -0.212. The second kappa shape index (κ2) is 6.15. The number of aliphatic hydroxyl groups is 1. The van der Waals surface area contributed by atoms with E-state index in [0.717, 1.165) is 32.5 Å². The molecule has 2 unspecified atom stereocenters. The Kier molecular flexibility index (Phi) is 4.54. The molecule has 0 aliphatic carbocycles. The summed E-state index contributed by atoms with van der Waals surface area (Å²) in [6.07, 6.45) is 1.79. The number of rotatable bonds is 4. The van der Waals surface area contributed by atoms with Crippen molar-refractivity contribution in [2.24, 2.45) is 11.7 Å². The lowest BCUT2D eigenvalue weighted by atomic mass is 9.90. The van der Waals surface area contributed by atoms with Gasteiger partial charge in [-0.25, -0.2) is 0 Å². The molecular formula is C14H22N2O. The van der Waals surface area contributed by atoms with Gasteiger partial charge in [0.05, 0.1) is 6.10 Å². The zero-order valence-electron chi connectivity index (χ0n) is 10.3. The van der Waals surface area contributed by atoms with E-state index in [2.05, 4.69) is 29.2 Å². The van der Waals surface area contributed by atoms with Crippen molar-refractivity contribution in [2.45, 2.75) is 25.5 Å². The van der Waals surface area contributed by atoms with Gasteiger partial charge in [0, 0.05) is 13.1 Å². The molecule has 1 aromatic carbocycles. The molecule has 0 spiro atoms. The van der Waals surface area contributed by atoms with Gasteiger partial charge in [0.2, 0.25) is 0 Å². The molecule has 0 saturated carbocycles. The van der Waals surface area contributed by atoms with Crippen molar-refractivity contribution in [3.8, 4) is 0 Å². The van der Waals surface area contributed by atoms with Crippen LogP contribution in [0.25, 0.3) is 0 Å². The maximum atomic E-state index is 10.1. The second-order valence-corrected chi connectivity index (χ2v) is 4.91. The third-order valence-corrected chi connectivity index (χ3v) is 3.59. The highest BCUT2D eigenvalue weighted by Crippen LogP contribution is 2.21. The third-order valence-electron chi connectivity index (χ3n) is 3.59. The summed E-state index contributed by atoms with van der Waals surface area (Å²) in [5, 5.41) is 10.1. The maximum absolute atomic E-state index is 10.1. The second-order valence-electron chi connectivity index (χ2n) is 4.91. The van der Waals surface area contributed by atoms with Crippen LogP contribution in [0.3, 0.4) is 0 Å². The molecule has 1 saturated heterocycles. The summed E-state index contributed by atoms with van der Waals surface area (Å²) in [4.78, 5) is 2.33. The first-order chi connectivity index (χ1) is 8.29. The number of nitrogens with two attached hydrogens (primary N) is 1. The fourth-order valence-corrected chi connectivity index (χ4v) is 2.58. The topological polar surface area (TPSA) is 49.5 Å². The Morgan fingerprint density at radius 2 is 2.06 bits per heavy atom. The number of benzene rings is 1. The van der Waals surface area contributed by atoms with Crippen LogP contribution >= 0.6 is 0 Å². The fraction of sp³-hybridized carbons (Fsp3) is 0.571. The predicted octanol–water partition coefficient (Wildman–Crippen LogP) is 1.22. The Bertz CT molecular complexity index is 328. The molecule has 17 heavy (non-hydrogen) atoms. The van der Waals surface area contributed by atoms with Crippen molar-refractivity contribution in [3.63, 3.8) is 0 Å². The van der Waals surface area contributed by atoms with Gasteiger partial charge in [-0.05, 0) is 37.4 Å². The standard InChI is InChI=1S/C14H22N2O/c15-8-6-13-7-9-16(11-14(13)17)10-12-4-2-1-3-5-12/h1-5,13-14,17H,6-11,15H2. The third kappa shape index (κ3) is 3.53. The lowest BCUT2D eigenvalue weighted by Gasteiger charge is -2.35. The summed E-state index contributed by atoms with van der Waals surface area (Å²) >= 11 is 0. The highest BCUT2D eigenvalue weighted by molar-refractivity contribution is 5.14. The van der Waals surface area contributed by atoms with E-state index in [1.807, 2.05) is 6.07 Å². The van der Waals surface area contributed by atoms with E-state index >= 15 is 0 Å². The van der Waals surface area contributed by atoms with Gasteiger partial charge in [-0.3, -0.25) is 4.90 Å². The van der Waals surface area contributed by atoms with Gasteiger partial charge in [0.1, 0.15) is 0 Å². The van der Waals surface area contributed by atoms with Crippen molar-refractivity contribution in [1.82, 2.24) is 4.90 Å². The Morgan fingerprint density at radius 3 is 2.71 bits per heavy atom. The van der Waals surface area contributed by atoms with Crippen LogP contribution in [0.5, 0.6) is 0 Å². The van der Waals surface area contributed by atoms with Crippen molar-refractivity contribution in [2.75, 3.05) is 19.6 Å². The highest BCUT2D eigenvalue weighted by Gasteiger charge is 2.26. The summed E-state index contributed by atoms with van der Waals surface area (Å²) in [7, 11) is 0. The monoisotopic (exact) mass is 234 g/mol. The van der Waals surface area contributed by atoms with E-state index in [1.165, 1.54) is 5.56 Å². The molecule has 3 heteroatoms. The summed E-state index contributed by atoms with van der Waals surface area (Å²) in [6, 6.07) is 10.4. The lowest BCUT2D eigenvalue weighted by Crippen LogP contribution is -2.43. The average Bonchev–Trinajstić information content (AvgIpc) is 2.34. The fourth-order valence-electron chi connectivity index (χ4n) is 2.58. The number of hydrogen-bond acceptors (Lipinski definition) is 3. The largest absolute Gasteiger partial charge is 0.392 e. The van der Waals surface area contributed by atoms with E-state index in [1.54, 1.807) is 0 Å². The predicted molar refractivity (Wildman–Crippen MR) is 69.5 cm³/mol. The van der Waals surface area contributed by atoms with Gasteiger partial charge >= 0.3 is 0 Å². The molecule has 1 aliphatic heterocycles. The molecule has 2 rings (SSSR count). The number of β-amino-alcohol motifs (C(OH)–C–C–N with tert-alkyl or cyclic N) is 1. The van der Waals surface area contributed by atoms with Crippen LogP contribution < -0.4 is 5.73 Å². The smallest absolute Gasteiger partial charge is 0.0696 e. The lowest BCUT2D eigenvalue weighted by molar-refractivity contribution is 0.0162. The average molecular weight is 234 g/mol. The molecule has 1 heterocycles. The molecule has 0 bridgehead atoms. The number of likely N-dealkylation sites (tertiary alicyclic amines) is 1. The van der Waals surface area contributed by atoms with Gasteiger partial charge in [0.15, 0.2) is 0 Å². The van der Waals surface area contributed by atoms with Crippen molar-refractivity contribution in [3.05, 3.63) is 35.9 Å². The van der Waals surface area contributed by atoms with E-state index in [4.69, 9.17) is 5.73 Å². The Labute approximate surface area is 103 Å². The van der Waals surface area contributed by atoms with E-state index in [9.17, 15) is 5.11 Å². The summed E-state index contributed by atoms with van der Waals surface area (Å²) in [5.74, 6) is 0.395. The van der Waals surface area contributed by atoms with Gasteiger partial charge in [0.25, 0.3) is 0 Å². The Hall–Kier alpha value is -0.900. The van der Waals surface area contributed by atoms with Crippen molar-refractivity contribution < 1.29 is 5.11 Å². The van der Waals surface area contributed by atoms with Crippen LogP contribution in [0.1, 0.15) is 18.4 Å². The summed E-state index contributed by atoms with van der Waals surface area (Å²) in [5.41, 5.74) is 6.87. The molecule has 0 aromatic heterocycles. The first-order valence-corrected chi connectivity index (χ1v) is 6.44. The SMILES string of the molecule is NCCC1CCN(Cc2ccccc2)CC1O. The molecule has 1 aliphatic rings. The zero-order chi connectivity index (χ0) is 12.1. The first-order valence-electron chi connectivity index (χ1n) is 6.44. The Balaban J connectivity index is 1.85. The molecule has 0 radical (unpaired) electrons. The minimum absolute atomic E-state index is 0.212. The molecule has 1 fully saturated rings. The van der Waals surface area contributed by atoms with Crippen molar-refractivity contribution in [1.29, 1.82) is 0 Å². The number of piperidine rings is 1. The highest BCUT2D eigenvalue weighted by atomic mass is 16.3. The van der Waals surface area contributed by atoms with E-state index < -0.39 is 0 Å². The van der Waals surface area contributed by atoms with Crippen LogP contribution in [0.4, 0.5) is 0 Å². The van der Waals surface area contributed by atoms with Gasteiger partial charge in [-0.2, -0.15) is 0 Å². The van der Waals surface area contributed by atoms with Gasteiger partial charge in [-0.15, -0.1) is 0 Å². The number of nitrogens with zero attached hydrogens (tertiary/aromatic N) is 1. The molecule has 1 aromatic rings. The van der Waals surface area contributed by atoms with Crippen LogP contribution in [0.2, 0.25) is 0 Å². The number of aliphatic hydroxyl groups excluding tert-OH is 1. The number of hydrogen-bond donors (Lipinski definition) is 2. The summed E-state index contributed by atoms with van der Waals surface area (Å²) < 4.78 is 0. The van der Waals surface area contributed by atoms with E-state index in [-0.39, 0.29) is 6.10 Å². The van der Waals surface area contributed by atoms with Crippen LogP contribution in [0, 0.1) is 5.92 Å². The Morgan fingerprint density at radius 1 is 1.29 bits per heavy atom. The molecule has 0 amide bonds.